The molecule has 8 heteroatoms. The Kier molecular flexibility index (Phi) is 8.16. The number of thiocarbonyl (C=S) groups is 1. The summed E-state index contributed by atoms with van der Waals surface area (Å²) in [5, 5.41) is 8.15. The van der Waals surface area contributed by atoms with Gasteiger partial charge in [-0.3, -0.25) is 14.9 Å². The topological polar surface area (TPSA) is 88.7 Å². The summed E-state index contributed by atoms with van der Waals surface area (Å²) in [6.07, 6.45) is 0. The van der Waals surface area contributed by atoms with Crippen molar-refractivity contribution in [3.63, 3.8) is 0 Å². The molecule has 0 heterocycles. The molecule has 0 saturated carbocycles. The van der Waals surface area contributed by atoms with Crippen molar-refractivity contribution < 1.29 is 19.1 Å². The Morgan fingerprint density at radius 1 is 0.781 bits per heavy atom. The zero-order chi connectivity index (χ0) is 22.8. The lowest BCUT2D eigenvalue weighted by Gasteiger charge is -2.14. The van der Waals surface area contributed by atoms with Crippen LogP contribution < -0.4 is 25.4 Å². The number of amides is 2. The molecule has 0 aliphatic carbocycles. The van der Waals surface area contributed by atoms with Gasteiger partial charge in [0, 0.05) is 7.05 Å². The third-order valence-corrected chi connectivity index (χ3v) is 4.56. The summed E-state index contributed by atoms with van der Waals surface area (Å²) in [6.45, 7) is 0.595. The van der Waals surface area contributed by atoms with Crippen LogP contribution in [0.2, 0.25) is 0 Å². The van der Waals surface area contributed by atoms with E-state index in [0.717, 1.165) is 5.75 Å². The van der Waals surface area contributed by atoms with Crippen LogP contribution in [0.4, 0.5) is 5.69 Å². The van der Waals surface area contributed by atoms with Crippen molar-refractivity contribution in [1.82, 2.24) is 10.6 Å². The standard InChI is InChI=1S/C24H23N3O4S/c1-25-22(28)18-11-5-7-13-20(18)26-24(32)27-23(29)19-12-6-8-14-21(19)31-16-15-30-17-9-3-2-4-10-17/h2-14H,15-16H2,1H3,(H,25,28)(H2,26,27,29,32). The average Bonchev–Trinajstić information content (AvgIpc) is 2.82. The van der Waals surface area contributed by atoms with Gasteiger partial charge in [-0.15, -0.1) is 0 Å². The van der Waals surface area contributed by atoms with Crippen molar-refractivity contribution in [3.8, 4) is 11.5 Å². The molecule has 7 nitrogen and oxygen atoms in total. The van der Waals surface area contributed by atoms with Gasteiger partial charge in [0.25, 0.3) is 11.8 Å². The molecular formula is C24H23N3O4S. The quantitative estimate of drug-likeness (QED) is 0.360. The maximum absolute atomic E-state index is 12.8. The fraction of sp³-hybridized carbons (Fsp3) is 0.125. The van der Waals surface area contributed by atoms with Crippen LogP contribution in [0.1, 0.15) is 20.7 Å². The Hall–Kier alpha value is -3.91. The lowest BCUT2D eigenvalue weighted by Crippen LogP contribution is -2.35. The van der Waals surface area contributed by atoms with Crippen molar-refractivity contribution >= 4 is 34.8 Å². The molecule has 0 aliphatic rings. The second-order valence-corrected chi connectivity index (χ2v) is 6.95. The van der Waals surface area contributed by atoms with Gasteiger partial charge in [-0.05, 0) is 48.6 Å². The SMILES string of the molecule is CNC(=O)c1ccccc1NC(=S)NC(=O)c1ccccc1OCCOc1ccccc1. The first-order valence-electron chi connectivity index (χ1n) is 9.91. The van der Waals surface area contributed by atoms with E-state index >= 15 is 0 Å². The second kappa shape index (κ2) is 11.5. The van der Waals surface area contributed by atoms with Gasteiger partial charge in [-0.1, -0.05) is 42.5 Å². The van der Waals surface area contributed by atoms with Gasteiger partial charge in [0.1, 0.15) is 24.7 Å². The molecule has 3 N–H and O–H groups in total. The molecule has 164 valence electrons. The van der Waals surface area contributed by atoms with Crippen LogP contribution in [0.15, 0.2) is 78.9 Å². The number of carbonyl (C=O) groups excluding carboxylic acids is 2. The number of nitrogens with one attached hydrogen (secondary N) is 3. The summed E-state index contributed by atoms with van der Waals surface area (Å²) in [6, 6.07) is 23.1. The molecule has 0 radical (unpaired) electrons. The van der Waals surface area contributed by atoms with Crippen molar-refractivity contribution in [2.45, 2.75) is 0 Å². The maximum Gasteiger partial charge on any atom is 0.261 e. The fourth-order valence-corrected chi connectivity index (χ4v) is 3.06. The third-order valence-electron chi connectivity index (χ3n) is 4.36. The van der Waals surface area contributed by atoms with Crippen LogP contribution in [0.3, 0.4) is 0 Å². The van der Waals surface area contributed by atoms with E-state index in [4.69, 9.17) is 21.7 Å². The van der Waals surface area contributed by atoms with Crippen LogP contribution in [0, 0.1) is 0 Å². The minimum atomic E-state index is -0.431. The Balaban J connectivity index is 1.58. The Bertz CT molecular complexity index is 1090. The predicted molar refractivity (Wildman–Crippen MR) is 127 cm³/mol. The first-order valence-corrected chi connectivity index (χ1v) is 10.3. The highest BCUT2D eigenvalue weighted by Crippen LogP contribution is 2.19. The Morgan fingerprint density at radius 3 is 2.16 bits per heavy atom. The Labute approximate surface area is 191 Å². The lowest BCUT2D eigenvalue weighted by molar-refractivity contribution is 0.0959. The molecule has 3 rings (SSSR count). The maximum atomic E-state index is 12.8. The monoisotopic (exact) mass is 449 g/mol. The average molecular weight is 450 g/mol. The van der Waals surface area contributed by atoms with Crippen LogP contribution in [0.25, 0.3) is 0 Å². The minimum absolute atomic E-state index is 0.0635. The summed E-state index contributed by atoms with van der Waals surface area (Å²) >= 11 is 5.26. The Morgan fingerprint density at radius 2 is 1.41 bits per heavy atom. The van der Waals surface area contributed by atoms with Crippen LogP contribution in [-0.2, 0) is 0 Å². The lowest BCUT2D eigenvalue weighted by atomic mass is 10.1. The summed E-state index contributed by atoms with van der Waals surface area (Å²) in [5.41, 5.74) is 1.23. The number of hydrogen-bond acceptors (Lipinski definition) is 5. The van der Waals surface area contributed by atoms with Crippen molar-refractivity contribution in [2.24, 2.45) is 0 Å². The molecule has 32 heavy (non-hydrogen) atoms. The van der Waals surface area contributed by atoms with Crippen molar-refractivity contribution in [2.75, 3.05) is 25.6 Å². The number of carbonyl (C=O) groups is 2. The van der Waals surface area contributed by atoms with Crippen LogP contribution >= 0.6 is 12.2 Å². The van der Waals surface area contributed by atoms with E-state index in [1.165, 1.54) is 0 Å². The zero-order valence-electron chi connectivity index (χ0n) is 17.5. The first-order chi connectivity index (χ1) is 15.6. The molecule has 0 saturated heterocycles. The van der Waals surface area contributed by atoms with E-state index in [1.54, 1.807) is 55.6 Å². The predicted octanol–water partition coefficient (Wildman–Crippen LogP) is 3.63. The number of ether oxygens (including phenoxy) is 2. The van der Waals surface area contributed by atoms with Crippen molar-refractivity contribution in [1.29, 1.82) is 0 Å². The summed E-state index contributed by atoms with van der Waals surface area (Å²) < 4.78 is 11.4. The molecule has 0 unspecified atom stereocenters. The normalized spacial score (nSPS) is 10.0. The van der Waals surface area contributed by atoms with E-state index in [-0.39, 0.29) is 17.6 Å². The van der Waals surface area contributed by atoms with Gasteiger partial charge < -0.3 is 20.1 Å². The van der Waals surface area contributed by atoms with Crippen molar-refractivity contribution in [3.05, 3.63) is 90.0 Å². The highest BCUT2D eigenvalue weighted by atomic mass is 32.1. The molecule has 0 bridgehead atoms. The molecular weight excluding hydrogens is 426 g/mol. The van der Waals surface area contributed by atoms with E-state index in [9.17, 15) is 9.59 Å². The van der Waals surface area contributed by atoms with E-state index < -0.39 is 5.91 Å². The van der Waals surface area contributed by atoms with Crippen LogP contribution in [-0.4, -0.2) is 37.2 Å². The van der Waals surface area contributed by atoms with E-state index in [1.807, 2.05) is 30.3 Å². The molecule has 0 atom stereocenters. The molecule has 2 amide bonds. The molecule has 0 aliphatic heterocycles. The summed E-state index contributed by atoms with van der Waals surface area (Å²) in [5.74, 6) is 0.462. The molecule has 0 fully saturated rings. The van der Waals surface area contributed by atoms with Gasteiger partial charge >= 0.3 is 0 Å². The molecule has 3 aromatic carbocycles. The first kappa shape index (κ1) is 22.8. The summed E-state index contributed by atoms with van der Waals surface area (Å²) in [7, 11) is 1.54. The highest BCUT2D eigenvalue weighted by Gasteiger charge is 2.15. The van der Waals surface area contributed by atoms with E-state index in [0.29, 0.717) is 29.2 Å². The van der Waals surface area contributed by atoms with Gasteiger partial charge in [-0.2, -0.15) is 0 Å². The second-order valence-electron chi connectivity index (χ2n) is 6.54. The zero-order valence-corrected chi connectivity index (χ0v) is 18.3. The fourth-order valence-electron chi connectivity index (χ4n) is 2.86. The van der Waals surface area contributed by atoms with Gasteiger partial charge in [-0.25, -0.2) is 0 Å². The van der Waals surface area contributed by atoms with Crippen LogP contribution in [0.5, 0.6) is 11.5 Å². The molecule has 0 aromatic heterocycles. The molecule has 0 spiro atoms. The number of para-hydroxylation sites is 3. The number of rotatable bonds is 8. The highest BCUT2D eigenvalue weighted by molar-refractivity contribution is 7.80. The van der Waals surface area contributed by atoms with E-state index in [2.05, 4.69) is 16.0 Å². The minimum Gasteiger partial charge on any atom is -0.490 e. The largest absolute Gasteiger partial charge is 0.490 e. The van der Waals surface area contributed by atoms with Gasteiger partial charge in [0.05, 0.1) is 16.8 Å². The van der Waals surface area contributed by atoms with Gasteiger partial charge in [0.2, 0.25) is 0 Å². The number of benzene rings is 3. The summed E-state index contributed by atoms with van der Waals surface area (Å²) in [4.78, 5) is 24.8. The molecule has 3 aromatic rings. The number of anilines is 1. The van der Waals surface area contributed by atoms with Gasteiger partial charge in [0.15, 0.2) is 5.11 Å². The third kappa shape index (κ3) is 6.29. The smallest absolute Gasteiger partial charge is 0.261 e. The number of hydrogen-bond donors (Lipinski definition) is 3.